The van der Waals surface area contributed by atoms with E-state index in [2.05, 4.69) is 41.2 Å². The molecule has 6 heteroatoms. The topological polar surface area (TPSA) is 54.8 Å². The van der Waals surface area contributed by atoms with E-state index in [1.54, 1.807) is 11.1 Å². The van der Waals surface area contributed by atoms with Gasteiger partial charge in [-0.15, -0.1) is 0 Å². The molecule has 0 unspecified atom stereocenters. The van der Waals surface area contributed by atoms with Crippen molar-refractivity contribution in [3.05, 3.63) is 94.5 Å². The monoisotopic (exact) mass is 429 g/mol. The summed E-state index contributed by atoms with van der Waals surface area (Å²) in [5.74, 6) is 1.26. The van der Waals surface area contributed by atoms with Crippen LogP contribution in [0.3, 0.4) is 0 Å². The Morgan fingerprint density at radius 2 is 1.84 bits per heavy atom. The van der Waals surface area contributed by atoms with E-state index in [-0.39, 0.29) is 5.91 Å². The number of amides is 1. The second kappa shape index (κ2) is 9.62. The number of amidine groups is 1. The highest BCUT2D eigenvalue weighted by Gasteiger charge is 2.32. The molecule has 2 heterocycles. The first-order valence-electron chi connectivity index (χ1n) is 10.1. The van der Waals surface area contributed by atoms with Crippen LogP contribution in [0.15, 0.2) is 82.8 Å². The third-order valence-corrected chi connectivity index (χ3v) is 5.79. The third kappa shape index (κ3) is 5.03. The summed E-state index contributed by atoms with van der Waals surface area (Å²) in [6.45, 7) is 5.01. The molecule has 5 nitrogen and oxygen atoms in total. The highest BCUT2D eigenvalue weighted by atomic mass is 32.2. The lowest BCUT2D eigenvalue weighted by Gasteiger charge is -2.12. The first kappa shape index (κ1) is 20.9. The maximum Gasteiger partial charge on any atom is 0.266 e. The van der Waals surface area contributed by atoms with Gasteiger partial charge in [0.25, 0.3) is 5.91 Å². The van der Waals surface area contributed by atoms with E-state index in [0.717, 1.165) is 16.9 Å². The molecule has 4 rings (SSSR count). The summed E-state index contributed by atoms with van der Waals surface area (Å²) in [5, 5.41) is 0.635. The summed E-state index contributed by atoms with van der Waals surface area (Å²) in [4.78, 5) is 24.0. The first-order chi connectivity index (χ1) is 15.1. The fraction of sp³-hybridized carbons (Fsp3) is 0.160. The number of pyridine rings is 1. The van der Waals surface area contributed by atoms with Gasteiger partial charge in [0, 0.05) is 18.3 Å². The lowest BCUT2D eigenvalue weighted by atomic mass is 10.1. The molecule has 0 radical (unpaired) electrons. The summed E-state index contributed by atoms with van der Waals surface area (Å²) >= 11 is 1.36. The van der Waals surface area contributed by atoms with Crippen LogP contribution in [0.4, 0.5) is 5.82 Å². The molecule has 0 bridgehead atoms. The molecule has 1 saturated heterocycles. The van der Waals surface area contributed by atoms with Crippen molar-refractivity contribution >= 4 is 34.7 Å². The second-order valence-corrected chi connectivity index (χ2v) is 8.06. The van der Waals surface area contributed by atoms with Gasteiger partial charge in [-0.1, -0.05) is 54.1 Å². The van der Waals surface area contributed by atoms with Crippen molar-refractivity contribution in [3.63, 3.8) is 0 Å². The van der Waals surface area contributed by atoms with E-state index < -0.39 is 0 Å². The average Bonchev–Trinajstić information content (AvgIpc) is 3.08. The van der Waals surface area contributed by atoms with Crippen LogP contribution in [-0.4, -0.2) is 27.5 Å². The van der Waals surface area contributed by atoms with Gasteiger partial charge in [0.05, 0.1) is 4.91 Å². The lowest BCUT2D eigenvalue weighted by Crippen LogP contribution is -2.28. The number of thioether (sulfide) groups is 1. The van der Waals surface area contributed by atoms with Gasteiger partial charge in [0.1, 0.15) is 12.4 Å². The minimum Gasteiger partial charge on any atom is -0.488 e. The third-order valence-electron chi connectivity index (χ3n) is 4.78. The van der Waals surface area contributed by atoms with Gasteiger partial charge in [-0.3, -0.25) is 9.69 Å². The summed E-state index contributed by atoms with van der Waals surface area (Å²) in [7, 11) is 0. The summed E-state index contributed by atoms with van der Waals surface area (Å²) < 4.78 is 6.07. The number of hydrogen-bond donors (Lipinski definition) is 0. The zero-order chi connectivity index (χ0) is 21.6. The van der Waals surface area contributed by atoms with Gasteiger partial charge in [-0.2, -0.15) is 0 Å². The van der Waals surface area contributed by atoms with Crippen LogP contribution in [0.1, 0.15) is 23.6 Å². The molecule has 0 spiro atoms. The Morgan fingerprint density at radius 3 is 2.58 bits per heavy atom. The number of carbonyl (C=O) groups is 1. The van der Waals surface area contributed by atoms with Crippen molar-refractivity contribution < 1.29 is 9.53 Å². The normalized spacial score (nSPS) is 16.3. The molecule has 1 fully saturated rings. The molecule has 0 atom stereocenters. The van der Waals surface area contributed by atoms with Crippen molar-refractivity contribution in [2.24, 2.45) is 4.99 Å². The number of aryl methyl sites for hydroxylation is 1. The van der Waals surface area contributed by atoms with Gasteiger partial charge >= 0.3 is 0 Å². The fourth-order valence-electron chi connectivity index (χ4n) is 3.11. The minimum absolute atomic E-state index is 0.0597. The maximum absolute atomic E-state index is 13.0. The number of nitrogens with zero attached hydrogens (tertiary/aromatic N) is 3. The standard InChI is InChI=1S/C25H23N3O2S/c1-3-28-24(29)22(31-25(28)27-23-10-6-7-15-26-23)16-20-8-4-5-9-21(20)30-17-19-13-11-18(2)12-14-19/h4-16H,3,17H2,1-2H3/b22-16-,27-25+. The van der Waals surface area contributed by atoms with Gasteiger partial charge in [-0.25, -0.2) is 9.98 Å². The minimum atomic E-state index is -0.0597. The number of aliphatic imine (C=N–C) groups is 1. The molecule has 3 aromatic rings. The van der Waals surface area contributed by atoms with Crippen LogP contribution in [0.5, 0.6) is 5.75 Å². The highest BCUT2D eigenvalue weighted by molar-refractivity contribution is 8.18. The SMILES string of the molecule is CCN1C(=O)/C(=C/c2ccccc2OCc2ccc(C)cc2)S/C1=N/c1ccccn1. The number of aromatic nitrogens is 1. The van der Waals surface area contributed by atoms with Gasteiger partial charge in [0.2, 0.25) is 0 Å². The summed E-state index contributed by atoms with van der Waals surface area (Å²) in [6, 6.07) is 21.6. The molecule has 0 saturated carbocycles. The molecule has 156 valence electrons. The Bertz CT molecular complexity index is 1130. The van der Waals surface area contributed by atoms with E-state index in [1.807, 2.05) is 55.5 Å². The highest BCUT2D eigenvalue weighted by Crippen LogP contribution is 2.35. The van der Waals surface area contributed by atoms with Crippen molar-refractivity contribution in [2.75, 3.05) is 6.54 Å². The van der Waals surface area contributed by atoms with Crippen LogP contribution in [0.2, 0.25) is 0 Å². The predicted molar refractivity (Wildman–Crippen MR) is 126 cm³/mol. The lowest BCUT2D eigenvalue weighted by molar-refractivity contribution is -0.122. The Labute approximate surface area is 186 Å². The van der Waals surface area contributed by atoms with Gasteiger partial charge in [0.15, 0.2) is 11.0 Å². The Morgan fingerprint density at radius 1 is 1.06 bits per heavy atom. The molecule has 2 aromatic carbocycles. The quantitative estimate of drug-likeness (QED) is 0.479. The van der Waals surface area contributed by atoms with Crippen LogP contribution in [0.25, 0.3) is 6.08 Å². The number of likely N-dealkylation sites (N-methyl/N-ethyl adjacent to an activating group) is 1. The molecule has 1 amide bonds. The van der Waals surface area contributed by atoms with Crippen LogP contribution >= 0.6 is 11.8 Å². The number of carbonyl (C=O) groups excluding carboxylic acids is 1. The van der Waals surface area contributed by atoms with Gasteiger partial charge in [-0.05, 0) is 55.4 Å². The van der Waals surface area contributed by atoms with Crippen molar-refractivity contribution in [1.82, 2.24) is 9.88 Å². The van der Waals surface area contributed by atoms with Crippen molar-refractivity contribution in [2.45, 2.75) is 20.5 Å². The number of para-hydroxylation sites is 1. The largest absolute Gasteiger partial charge is 0.488 e. The molecular formula is C25H23N3O2S. The summed E-state index contributed by atoms with van der Waals surface area (Å²) in [5.41, 5.74) is 3.18. The Hall–Kier alpha value is -3.38. The number of ether oxygens (including phenoxy) is 1. The summed E-state index contributed by atoms with van der Waals surface area (Å²) in [6.07, 6.45) is 3.57. The van der Waals surface area contributed by atoms with Gasteiger partial charge < -0.3 is 4.74 Å². The predicted octanol–water partition coefficient (Wildman–Crippen LogP) is 5.59. The van der Waals surface area contributed by atoms with Crippen LogP contribution < -0.4 is 4.74 Å². The van der Waals surface area contributed by atoms with E-state index in [9.17, 15) is 4.79 Å². The molecule has 0 N–H and O–H groups in total. The van der Waals surface area contributed by atoms with Crippen LogP contribution in [0, 0.1) is 6.92 Å². The zero-order valence-corrected chi connectivity index (χ0v) is 18.3. The molecule has 1 aliphatic rings. The smallest absolute Gasteiger partial charge is 0.266 e. The van der Waals surface area contributed by atoms with Crippen molar-refractivity contribution in [3.8, 4) is 5.75 Å². The number of hydrogen-bond acceptors (Lipinski definition) is 5. The zero-order valence-electron chi connectivity index (χ0n) is 17.5. The van der Waals surface area contributed by atoms with Crippen LogP contribution in [-0.2, 0) is 11.4 Å². The van der Waals surface area contributed by atoms with E-state index in [1.165, 1.54) is 17.3 Å². The first-order valence-corrected chi connectivity index (χ1v) is 10.9. The second-order valence-electron chi connectivity index (χ2n) is 7.05. The molecular weight excluding hydrogens is 406 g/mol. The van der Waals surface area contributed by atoms with Crippen molar-refractivity contribution in [1.29, 1.82) is 0 Å². The maximum atomic E-state index is 13.0. The molecule has 1 aromatic heterocycles. The molecule has 0 aliphatic carbocycles. The number of benzene rings is 2. The average molecular weight is 430 g/mol. The molecule has 1 aliphatic heterocycles. The fourth-order valence-corrected chi connectivity index (χ4v) is 4.15. The number of rotatable bonds is 6. The van der Waals surface area contributed by atoms with E-state index in [4.69, 9.17) is 4.74 Å². The molecule has 31 heavy (non-hydrogen) atoms. The van der Waals surface area contributed by atoms with E-state index in [0.29, 0.717) is 29.0 Å². The Kier molecular flexibility index (Phi) is 6.48. The van der Waals surface area contributed by atoms with E-state index >= 15 is 0 Å². The Balaban J connectivity index is 1.57.